The summed E-state index contributed by atoms with van der Waals surface area (Å²) >= 11 is 6.39. The molecule has 0 saturated carbocycles. The van der Waals surface area contributed by atoms with E-state index < -0.39 is 0 Å². The molecule has 6 nitrogen and oxygen atoms in total. The lowest BCUT2D eigenvalue weighted by Gasteiger charge is -2.33. The van der Waals surface area contributed by atoms with Crippen molar-refractivity contribution in [3.05, 3.63) is 83.6 Å². The maximum Gasteiger partial charge on any atom is 0.225 e. The summed E-state index contributed by atoms with van der Waals surface area (Å²) in [6.07, 6.45) is 5.41. The highest BCUT2D eigenvalue weighted by atomic mass is 35.5. The molecule has 1 fully saturated rings. The summed E-state index contributed by atoms with van der Waals surface area (Å²) in [7, 11) is 0. The van der Waals surface area contributed by atoms with Crippen molar-refractivity contribution in [3.63, 3.8) is 0 Å². The molecule has 0 bridgehead atoms. The molecule has 33 heavy (non-hydrogen) atoms. The van der Waals surface area contributed by atoms with E-state index in [4.69, 9.17) is 16.7 Å². The second-order valence-electron chi connectivity index (χ2n) is 8.52. The van der Waals surface area contributed by atoms with Gasteiger partial charge in [-0.1, -0.05) is 60.1 Å². The molecule has 2 unspecified atom stereocenters. The number of anilines is 1. The summed E-state index contributed by atoms with van der Waals surface area (Å²) in [6.45, 7) is 3.52. The van der Waals surface area contributed by atoms with Gasteiger partial charge in [0, 0.05) is 31.0 Å². The number of carbonyl (C=O) groups excluding carboxylic acids is 1. The maximum absolute atomic E-state index is 13.1. The third kappa shape index (κ3) is 4.44. The van der Waals surface area contributed by atoms with Gasteiger partial charge < -0.3 is 10.2 Å². The predicted octanol–water partition coefficient (Wildman–Crippen LogP) is 5.14. The molecule has 3 heterocycles. The molecule has 1 amide bonds. The number of nitrogens with zero attached hydrogens (tertiary/aromatic N) is 4. The van der Waals surface area contributed by atoms with Crippen LogP contribution in [0.1, 0.15) is 31.4 Å². The molecule has 0 aliphatic carbocycles. The summed E-state index contributed by atoms with van der Waals surface area (Å²) in [5.41, 5.74) is 3.71. The summed E-state index contributed by atoms with van der Waals surface area (Å²) in [5.74, 6) is 0.850. The number of piperidine rings is 1. The van der Waals surface area contributed by atoms with Crippen LogP contribution in [0.5, 0.6) is 0 Å². The van der Waals surface area contributed by atoms with Gasteiger partial charge in [-0.3, -0.25) is 4.79 Å². The van der Waals surface area contributed by atoms with E-state index in [0.29, 0.717) is 11.6 Å². The third-order valence-corrected chi connectivity index (χ3v) is 6.60. The van der Waals surface area contributed by atoms with Crippen LogP contribution in [0.4, 0.5) is 5.82 Å². The average Bonchev–Trinajstić information content (AvgIpc) is 3.29. The van der Waals surface area contributed by atoms with Gasteiger partial charge in [-0.15, -0.1) is 0 Å². The SMILES string of the molecule is CC(NC(=O)C1CCCN(c2nccn3nc(-c4ccccc4Cl)cc23)C1)c1ccccc1. The van der Waals surface area contributed by atoms with Crippen LogP contribution in [0.3, 0.4) is 0 Å². The van der Waals surface area contributed by atoms with E-state index in [2.05, 4.69) is 15.2 Å². The predicted molar refractivity (Wildman–Crippen MR) is 131 cm³/mol. The summed E-state index contributed by atoms with van der Waals surface area (Å²) in [6, 6.07) is 19.7. The fraction of sp³-hybridized carbons (Fsp3) is 0.269. The molecule has 1 saturated heterocycles. The van der Waals surface area contributed by atoms with Crippen LogP contribution in [-0.4, -0.2) is 33.6 Å². The number of hydrogen-bond donors (Lipinski definition) is 1. The minimum atomic E-state index is -0.0853. The molecule has 4 aromatic rings. The Labute approximate surface area is 198 Å². The van der Waals surface area contributed by atoms with Crippen LogP contribution in [0.25, 0.3) is 16.8 Å². The molecule has 2 aromatic heterocycles. The number of amides is 1. The normalized spacial score (nSPS) is 17.2. The highest BCUT2D eigenvalue weighted by Gasteiger charge is 2.28. The number of rotatable bonds is 5. The van der Waals surface area contributed by atoms with E-state index in [9.17, 15) is 4.79 Å². The number of carbonyl (C=O) groups is 1. The van der Waals surface area contributed by atoms with E-state index in [1.54, 1.807) is 6.20 Å². The summed E-state index contributed by atoms with van der Waals surface area (Å²) in [4.78, 5) is 19.9. The Balaban J connectivity index is 1.36. The fourth-order valence-electron chi connectivity index (χ4n) is 4.49. The second kappa shape index (κ2) is 9.24. The lowest BCUT2D eigenvalue weighted by molar-refractivity contribution is -0.125. The maximum atomic E-state index is 13.1. The van der Waals surface area contributed by atoms with Gasteiger partial charge in [0.2, 0.25) is 5.91 Å². The van der Waals surface area contributed by atoms with Gasteiger partial charge in [-0.25, -0.2) is 9.50 Å². The molecule has 0 spiro atoms. The first-order chi connectivity index (χ1) is 16.1. The van der Waals surface area contributed by atoms with Crippen molar-refractivity contribution in [3.8, 4) is 11.3 Å². The van der Waals surface area contributed by atoms with Crippen LogP contribution >= 0.6 is 11.6 Å². The van der Waals surface area contributed by atoms with Crippen molar-refractivity contribution >= 4 is 28.8 Å². The minimum Gasteiger partial charge on any atom is -0.354 e. The zero-order chi connectivity index (χ0) is 22.8. The first-order valence-corrected chi connectivity index (χ1v) is 11.7. The van der Waals surface area contributed by atoms with Crippen molar-refractivity contribution in [1.29, 1.82) is 0 Å². The first kappa shape index (κ1) is 21.5. The highest BCUT2D eigenvalue weighted by molar-refractivity contribution is 6.33. The average molecular weight is 460 g/mol. The largest absolute Gasteiger partial charge is 0.354 e. The van der Waals surface area contributed by atoms with Crippen LogP contribution in [0.2, 0.25) is 5.02 Å². The quantitative estimate of drug-likeness (QED) is 0.448. The topological polar surface area (TPSA) is 62.5 Å². The summed E-state index contributed by atoms with van der Waals surface area (Å²) in [5, 5.41) is 8.57. The van der Waals surface area contributed by atoms with Crippen molar-refractivity contribution in [1.82, 2.24) is 19.9 Å². The van der Waals surface area contributed by atoms with E-state index in [1.165, 1.54) is 0 Å². The molecule has 7 heteroatoms. The lowest BCUT2D eigenvalue weighted by Crippen LogP contribution is -2.44. The van der Waals surface area contributed by atoms with Gasteiger partial charge in [-0.2, -0.15) is 5.10 Å². The summed E-state index contributed by atoms with van der Waals surface area (Å²) < 4.78 is 1.84. The van der Waals surface area contributed by atoms with Gasteiger partial charge in [0.05, 0.1) is 22.7 Å². The molecule has 1 N–H and O–H groups in total. The number of fused-ring (bicyclic) bond motifs is 1. The fourth-order valence-corrected chi connectivity index (χ4v) is 4.72. The monoisotopic (exact) mass is 459 g/mol. The molecule has 1 aliphatic heterocycles. The van der Waals surface area contributed by atoms with Crippen LogP contribution < -0.4 is 10.2 Å². The van der Waals surface area contributed by atoms with Crippen molar-refractivity contribution in [2.24, 2.45) is 5.92 Å². The van der Waals surface area contributed by atoms with Crippen molar-refractivity contribution in [2.75, 3.05) is 18.0 Å². The van der Waals surface area contributed by atoms with Crippen LogP contribution in [-0.2, 0) is 4.79 Å². The number of benzene rings is 2. The van der Waals surface area contributed by atoms with E-state index in [1.807, 2.05) is 78.3 Å². The molecule has 2 aromatic carbocycles. The zero-order valence-electron chi connectivity index (χ0n) is 18.5. The van der Waals surface area contributed by atoms with Gasteiger partial charge in [0.15, 0.2) is 5.82 Å². The molecule has 2 atom stereocenters. The molecule has 1 aliphatic rings. The Hall–Kier alpha value is -3.38. The van der Waals surface area contributed by atoms with E-state index in [0.717, 1.165) is 47.5 Å². The molecule has 5 rings (SSSR count). The van der Waals surface area contributed by atoms with Gasteiger partial charge >= 0.3 is 0 Å². The van der Waals surface area contributed by atoms with Gasteiger partial charge in [0.25, 0.3) is 0 Å². The standard InChI is InChI=1S/C26H26ClN5O/c1-18(19-8-3-2-4-9-19)29-26(33)20-10-7-14-31(17-20)25-24-16-23(30-32(24)15-13-28-25)21-11-5-6-12-22(21)27/h2-6,8-9,11-13,15-16,18,20H,7,10,14,17H2,1H3,(H,29,33). The Morgan fingerprint density at radius 1 is 1.15 bits per heavy atom. The molecular formula is C26H26ClN5O. The number of nitrogens with one attached hydrogen (secondary N) is 1. The highest BCUT2D eigenvalue weighted by Crippen LogP contribution is 2.31. The van der Waals surface area contributed by atoms with Crippen molar-refractivity contribution in [2.45, 2.75) is 25.8 Å². The molecular weight excluding hydrogens is 434 g/mol. The zero-order valence-corrected chi connectivity index (χ0v) is 19.2. The van der Waals surface area contributed by atoms with Crippen molar-refractivity contribution < 1.29 is 4.79 Å². The van der Waals surface area contributed by atoms with Gasteiger partial charge in [0.1, 0.15) is 5.52 Å². The Kier molecular flexibility index (Phi) is 6.01. The van der Waals surface area contributed by atoms with E-state index >= 15 is 0 Å². The smallest absolute Gasteiger partial charge is 0.225 e. The first-order valence-electron chi connectivity index (χ1n) is 11.3. The van der Waals surface area contributed by atoms with Gasteiger partial charge in [-0.05, 0) is 37.5 Å². The second-order valence-corrected chi connectivity index (χ2v) is 8.92. The molecule has 0 radical (unpaired) electrons. The number of halogens is 1. The Morgan fingerprint density at radius 3 is 2.76 bits per heavy atom. The van der Waals surface area contributed by atoms with E-state index in [-0.39, 0.29) is 17.9 Å². The lowest BCUT2D eigenvalue weighted by atomic mass is 9.96. The molecule has 168 valence electrons. The minimum absolute atomic E-state index is 0.0244. The Morgan fingerprint density at radius 2 is 1.94 bits per heavy atom. The van der Waals surface area contributed by atoms with Crippen LogP contribution in [0, 0.1) is 5.92 Å². The number of aromatic nitrogens is 3. The Bertz CT molecular complexity index is 1270. The third-order valence-electron chi connectivity index (χ3n) is 6.27. The number of hydrogen-bond acceptors (Lipinski definition) is 4. The van der Waals surface area contributed by atoms with Crippen LogP contribution in [0.15, 0.2) is 73.1 Å².